The van der Waals surface area contributed by atoms with Gasteiger partial charge in [0.25, 0.3) is 0 Å². The van der Waals surface area contributed by atoms with Gasteiger partial charge in [0.15, 0.2) is 0 Å². The summed E-state index contributed by atoms with van der Waals surface area (Å²) in [5.41, 5.74) is 0.110. The first kappa shape index (κ1) is 9.96. The van der Waals surface area contributed by atoms with Crippen LogP contribution < -0.4 is 0 Å². The van der Waals surface area contributed by atoms with E-state index in [4.69, 9.17) is 9.57 Å². The van der Waals surface area contributed by atoms with Crippen molar-refractivity contribution in [2.75, 3.05) is 20.3 Å². The molecule has 0 saturated carbocycles. The van der Waals surface area contributed by atoms with Gasteiger partial charge in [-0.1, -0.05) is 20.8 Å². The van der Waals surface area contributed by atoms with Crippen molar-refractivity contribution in [1.29, 1.82) is 0 Å². The lowest BCUT2D eigenvalue weighted by Gasteiger charge is -2.34. The Morgan fingerprint density at radius 1 is 1.42 bits per heavy atom. The Morgan fingerprint density at radius 3 is 2.42 bits per heavy atom. The first-order chi connectivity index (χ1) is 5.55. The third-order valence-corrected chi connectivity index (χ3v) is 2.01. The number of hydrogen-bond donors (Lipinski definition) is 0. The maximum atomic E-state index is 5.44. The Labute approximate surface area is 74.6 Å². The molecule has 1 atom stereocenters. The van der Waals surface area contributed by atoms with E-state index in [2.05, 4.69) is 20.8 Å². The van der Waals surface area contributed by atoms with Crippen molar-refractivity contribution in [3.05, 3.63) is 0 Å². The molecule has 72 valence electrons. The molecule has 1 heterocycles. The average Bonchev–Trinajstić information content (AvgIpc) is 2.38. The normalized spacial score (nSPS) is 23.0. The number of rotatable bonds is 2. The zero-order valence-corrected chi connectivity index (χ0v) is 8.46. The summed E-state index contributed by atoms with van der Waals surface area (Å²) in [5, 5.41) is 1.94. The Kier molecular flexibility index (Phi) is 3.09. The molecule has 3 nitrogen and oxygen atoms in total. The molecule has 0 aromatic rings. The van der Waals surface area contributed by atoms with Crippen molar-refractivity contribution >= 4 is 0 Å². The Hall–Kier alpha value is -0.120. The van der Waals surface area contributed by atoms with E-state index in [1.807, 2.05) is 5.06 Å². The van der Waals surface area contributed by atoms with Crippen molar-refractivity contribution in [2.24, 2.45) is 5.41 Å². The number of hydroxylamine groups is 2. The number of nitrogens with zero attached hydrogens (tertiary/aromatic N) is 1. The fraction of sp³-hybridized carbons (Fsp3) is 1.00. The Balaban J connectivity index is 2.54. The van der Waals surface area contributed by atoms with Gasteiger partial charge >= 0.3 is 0 Å². The smallest absolute Gasteiger partial charge is 0.137 e. The third-order valence-electron chi connectivity index (χ3n) is 2.01. The molecule has 0 bridgehead atoms. The molecule has 1 unspecified atom stereocenters. The van der Waals surface area contributed by atoms with Crippen LogP contribution in [0.15, 0.2) is 0 Å². The van der Waals surface area contributed by atoms with Gasteiger partial charge in [0.1, 0.15) is 6.23 Å². The minimum absolute atomic E-state index is 0.0694. The molecule has 1 aliphatic heterocycles. The fourth-order valence-electron chi connectivity index (χ4n) is 1.55. The monoisotopic (exact) mass is 173 g/mol. The highest BCUT2D eigenvalue weighted by atomic mass is 16.7. The number of hydrogen-bond acceptors (Lipinski definition) is 3. The van der Waals surface area contributed by atoms with Crippen LogP contribution in [0.5, 0.6) is 0 Å². The van der Waals surface area contributed by atoms with Gasteiger partial charge in [-0.25, -0.2) is 0 Å². The summed E-state index contributed by atoms with van der Waals surface area (Å²) in [6.45, 7) is 8.28. The van der Waals surface area contributed by atoms with Crippen LogP contribution in [0.2, 0.25) is 0 Å². The van der Waals surface area contributed by atoms with Gasteiger partial charge < -0.3 is 4.74 Å². The molecule has 1 saturated heterocycles. The van der Waals surface area contributed by atoms with Crippen molar-refractivity contribution in [3.63, 3.8) is 0 Å². The molecule has 1 aliphatic rings. The maximum Gasteiger partial charge on any atom is 0.137 e. The zero-order chi connectivity index (χ0) is 9.19. The minimum atomic E-state index is 0.0694. The summed E-state index contributed by atoms with van der Waals surface area (Å²) in [4.78, 5) is 5.44. The van der Waals surface area contributed by atoms with E-state index >= 15 is 0 Å². The topological polar surface area (TPSA) is 21.7 Å². The van der Waals surface area contributed by atoms with Crippen LogP contribution in [0, 0.1) is 5.41 Å². The summed E-state index contributed by atoms with van der Waals surface area (Å²) in [6, 6.07) is 0. The lowest BCUT2D eigenvalue weighted by atomic mass is 9.94. The highest BCUT2D eigenvalue weighted by molar-refractivity contribution is 4.73. The summed E-state index contributed by atoms with van der Waals surface area (Å²) in [5.74, 6) is 0. The highest BCUT2D eigenvalue weighted by Gasteiger charge is 2.32. The second-order valence-electron chi connectivity index (χ2n) is 4.28. The van der Waals surface area contributed by atoms with Gasteiger partial charge in [-0.3, -0.25) is 4.84 Å². The standard InChI is InChI=1S/C9H19NO2/c1-9(2,3)8(11-4)10-6-5-7-12-10/h8H,5-7H2,1-4H3. The van der Waals surface area contributed by atoms with Crippen molar-refractivity contribution in [3.8, 4) is 0 Å². The van der Waals surface area contributed by atoms with Gasteiger partial charge in [-0.05, 0) is 6.42 Å². The second-order valence-corrected chi connectivity index (χ2v) is 4.28. The molecule has 1 fully saturated rings. The van der Waals surface area contributed by atoms with Gasteiger partial charge in [-0.2, -0.15) is 5.06 Å². The van der Waals surface area contributed by atoms with E-state index in [9.17, 15) is 0 Å². The Morgan fingerprint density at radius 2 is 2.08 bits per heavy atom. The molecule has 3 heteroatoms. The van der Waals surface area contributed by atoms with Crippen LogP contribution in [0.25, 0.3) is 0 Å². The minimum Gasteiger partial charge on any atom is -0.364 e. The van der Waals surface area contributed by atoms with E-state index in [1.165, 1.54) is 0 Å². The van der Waals surface area contributed by atoms with Crippen molar-refractivity contribution in [1.82, 2.24) is 5.06 Å². The molecule has 0 aliphatic carbocycles. The van der Waals surface area contributed by atoms with Crippen LogP contribution in [0.3, 0.4) is 0 Å². The molecule has 0 spiro atoms. The lowest BCUT2D eigenvalue weighted by Crippen LogP contribution is -2.43. The van der Waals surface area contributed by atoms with E-state index in [0.717, 1.165) is 19.6 Å². The summed E-state index contributed by atoms with van der Waals surface area (Å²) < 4.78 is 5.40. The summed E-state index contributed by atoms with van der Waals surface area (Å²) in [6.07, 6.45) is 1.18. The molecule has 1 rings (SSSR count). The average molecular weight is 173 g/mol. The van der Waals surface area contributed by atoms with Crippen LogP contribution in [-0.2, 0) is 9.57 Å². The van der Waals surface area contributed by atoms with Gasteiger partial charge in [0.2, 0.25) is 0 Å². The largest absolute Gasteiger partial charge is 0.364 e. The lowest BCUT2D eigenvalue weighted by molar-refractivity contribution is -0.243. The predicted octanol–water partition coefficient (Wildman–Crippen LogP) is 1.64. The summed E-state index contributed by atoms with van der Waals surface area (Å²) in [7, 11) is 1.73. The molecule has 0 radical (unpaired) electrons. The molecule has 0 amide bonds. The Bertz CT molecular complexity index is 136. The van der Waals surface area contributed by atoms with Gasteiger partial charge in [0.05, 0.1) is 6.61 Å². The molecule has 0 aromatic carbocycles. The molecule has 0 aromatic heterocycles. The van der Waals surface area contributed by atoms with Crippen LogP contribution in [0.4, 0.5) is 0 Å². The first-order valence-electron chi connectivity index (χ1n) is 4.48. The molecule has 12 heavy (non-hydrogen) atoms. The third kappa shape index (κ3) is 2.19. The fourth-order valence-corrected chi connectivity index (χ4v) is 1.55. The van der Waals surface area contributed by atoms with E-state index in [0.29, 0.717) is 0 Å². The first-order valence-corrected chi connectivity index (χ1v) is 4.48. The van der Waals surface area contributed by atoms with Crippen LogP contribution in [-0.4, -0.2) is 31.6 Å². The SMILES string of the molecule is COC(N1CCCO1)C(C)(C)C. The quantitative estimate of drug-likeness (QED) is 0.633. The molecular weight excluding hydrogens is 154 g/mol. The summed E-state index contributed by atoms with van der Waals surface area (Å²) >= 11 is 0. The van der Waals surface area contributed by atoms with E-state index < -0.39 is 0 Å². The number of methoxy groups -OCH3 is 1. The predicted molar refractivity (Wildman–Crippen MR) is 47.5 cm³/mol. The van der Waals surface area contributed by atoms with Crippen LogP contribution >= 0.6 is 0 Å². The van der Waals surface area contributed by atoms with E-state index in [1.54, 1.807) is 7.11 Å². The second kappa shape index (κ2) is 3.73. The molecular formula is C9H19NO2. The van der Waals surface area contributed by atoms with Crippen molar-refractivity contribution < 1.29 is 9.57 Å². The zero-order valence-electron chi connectivity index (χ0n) is 8.46. The highest BCUT2D eigenvalue weighted by Crippen LogP contribution is 2.26. The molecule has 0 N–H and O–H groups in total. The van der Waals surface area contributed by atoms with Gasteiger partial charge in [-0.15, -0.1) is 0 Å². The van der Waals surface area contributed by atoms with Gasteiger partial charge in [0, 0.05) is 19.1 Å². The van der Waals surface area contributed by atoms with Crippen molar-refractivity contribution in [2.45, 2.75) is 33.4 Å². The van der Waals surface area contributed by atoms with E-state index in [-0.39, 0.29) is 11.6 Å². The van der Waals surface area contributed by atoms with Crippen LogP contribution in [0.1, 0.15) is 27.2 Å². The maximum absolute atomic E-state index is 5.44. The number of ether oxygens (including phenoxy) is 1.